The maximum absolute atomic E-state index is 12.5. The highest BCUT2D eigenvalue weighted by molar-refractivity contribution is 9.10. The summed E-state index contributed by atoms with van der Waals surface area (Å²) in [5, 5.41) is 6.79. The van der Waals surface area contributed by atoms with Gasteiger partial charge >= 0.3 is 0 Å². The second kappa shape index (κ2) is 8.33. The second-order valence-corrected chi connectivity index (χ2v) is 7.39. The zero-order chi connectivity index (χ0) is 18.5. The van der Waals surface area contributed by atoms with Gasteiger partial charge in [0.25, 0.3) is 5.91 Å². The van der Waals surface area contributed by atoms with Crippen molar-refractivity contribution in [3.63, 3.8) is 0 Å². The quantitative estimate of drug-likeness (QED) is 0.532. The van der Waals surface area contributed by atoms with E-state index in [1.165, 1.54) is 11.3 Å². The Bertz CT molecular complexity index is 892. The summed E-state index contributed by atoms with van der Waals surface area (Å²) in [4.78, 5) is 17.5. The van der Waals surface area contributed by atoms with Gasteiger partial charge < -0.3 is 15.4 Å². The summed E-state index contributed by atoms with van der Waals surface area (Å²) in [5.41, 5.74) is 2.33. The molecule has 0 aliphatic heterocycles. The molecule has 134 valence electrons. The molecule has 0 saturated carbocycles. The van der Waals surface area contributed by atoms with Gasteiger partial charge in [0.2, 0.25) is 0 Å². The topological polar surface area (TPSA) is 63.2 Å². The SMILES string of the molecule is CCOc1ccc(Nc2nc(C)c(C(=O)Nc3ccc(Br)cc3)s2)cc1. The van der Waals surface area contributed by atoms with E-state index in [-0.39, 0.29) is 5.91 Å². The van der Waals surface area contributed by atoms with Crippen LogP contribution in [-0.4, -0.2) is 17.5 Å². The third-order valence-corrected chi connectivity index (χ3v) is 5.12. The number of aryl methyl sites for hydroxylation is 1. The zero-order valence-corrected chi connectivity index (χ0v) is 16.8. The van der Waals surface area contributed by atoms with Gasteiger partial charge in [0, 0.05) is 15.8 Å². The monoisotopic (exact) mass is 431 g/mol. The Morgan fingerprint density at radius 1 is 1.12 bits per heavy atom. The summed E-state index contributed by atoms with van der Waals surface area (Å²) < 4.78 is 6.40. The number of carbonyl (C=O) groups is 1. The number of rotatable bonds is 6. The molecule has 2 N–H and O–H groups in total. The van der Waals surface area contributed by atoms with Crippen LogP contribution in [0.1, 0.15) is 22.3 Å². The van der Waals surface area contributed by atoms with Crippen molar-refractivity contribution < 1.29 is 9.53 Å². The third-order valence-electron chi connectivity index (χ3n) is 3.52. The highest BCUT2D eigenvalue weighted by Gasteiger charge is 2.15. The van der Waals surface area contributed by atoms with E-state index in [1.54, 1.807) is 0 Å². The van der Waals surface area contributed by atoms with E-state index in [2.05, 4.69) is 31.5 Å². The molecular formula is C19H18BrN3O2S. The average Bonchev–Trinajstić information content (AvgIpc) is 2.99. The summed E-state index contributed by atoms with van der Waals surface area (Å²) in [7, 11) is 0. The fourth-order valence-corrected chi connectivity index (χ4v) is 3.45. The van der Waals surface area contributed by atoms with Crippen LogP contribution in [0.15, 0.2) is 53.0 Å². The van der Waals surface area contributed by atoms with E-state index in [0.717, 1.165) is 21.6 Å². The van der Waals surface area contributed by atoms with Crippen LogP contribution in [0.3, 0.4) is 0 Å². The average molecular weight is 432 g/mol. The van der Waals surface area contributed by atoms with E-state index in [4.69, 9.17) is 4.74 Å². The van der Waals surface area contributed by atoms with E-state index >= 15 is 0 Å². The molecule has 3 aromatic rings. The van der Waals surface area contributed by atoms with E-state index < -0.39 is 0 Å². The minimum absolute atomic E-state index is 0.165. The molecule has 0 bridgehead atoms. The Hall–Kier alpha value is -2.38. The molecule has 0 fully saturated rings. The van der Waals surface area contributed by atoms with E-state index in [1.807, 2.05) is 62.4 Å². The number of ether oxygens (including phenoxy) is 1. The van der Waals surface area contributed by atoms with Gasteiger partial charge in [0.1, 0.15) is 10.6 Å². The summed E-state index contributed by atoms with van der Waals surface area (Å²) >= 11 is 4.70. The van der Waals surface area contributed by atoms with Crippen LogP contribution in [0.4, 0.5) is 16.5 Å². The molecule has 0 radical (unpaired) electrons. The number of hydrogen-bond donors (Lipinski definition) is 2. The van der Waals surface area contributed by atoms with Gasteiger partial charge in [-0.05, 0) is 62.4 Å². The van der Waals surface area contributed by atoms with Gasteiger partial charge in [0.05, 0.1) is 12.3 Å². The van der Waals surface area contributed by atoms with Crippen LogP contribution in [-0.2, 0) is 0 Å². The van der Waals surface area contributed by atoms with Crippen LogP contribution in [0.5, 0.6) is 5.75 Å². The molecule has 2 aromatic carbocycles. The summed E-state index contributed by atoms with van der Waals surface area (Å²) in [6.45, 7) is 4.41. The zero-order valence-electron chi connectivity index (χ0n) is 14.4. The van der Waals surface area contributed by atoms with Gasteiger partial charge in [0.15, 0.2) is 5.13 Å². The molecule has 1 aromatic heterocycles. The Morgan fingerprint density at radius 2 is 1.77 bits per heavy atom. The second-order valence-electron chi connectivity index (χ2n) is 5.48. The van der Waals surface area contributed by atoms with Crippen molar-refractivity contribution in [3.05, 3.63) is 63.6 Å². The van der Waals surface area contributed by atoms with E-state index in [0.29, 0.717) is 22.3 Å². The van der Waals surface area contributed by atoms with Crippen molar-refractivity contribution in [1.29, 1.82) is 0 Å². The Balaban J connectivity index is 1.69. The van der Waals surface area contributed by atoms with Gasteiger partial charge in [-0.3, -0.25) is 4.79 Å². The van der Waals surface area contributed by atoms with Crippen molar-refractivity contribution >= 4 is 49.7 Å². The van der Waals surface area contributed by atoms with Gasteiger partial charge in [-0.25, -0.2) is 4.98 Å². The smallest absolute Gasteiger partial charge is 0.267 e. The number of nitrogens with one attached hydrogen (secondary N) is 2. The first-order valence-corrected chi connectivity index (χ1v) is 9.70. The molecule has 0 unspecified atom stereocenters. The molecule has 1 amide bonds. The Kier molecular flexibility index (Phi) is 5.90. The first kappa shape index (κ1) is 18.4. The molecule has 5 nitrogen and oxygen atoms in total. The highest BCUT2D eigenvalue weighted by atomic mass is 79.9. The number of hydrogen-bond acceptors (Lipinski definition) is 5. The number of amides is 1. The standard InChI is InChI=1S/C19H18BrN3O2S/c1-3-25-16-10-8-15(9-11-16)23-19-21-12(2)17(26-19)18(24)22-14-6-4-13(20)5-7-14/h4-11H,3H2,1-2H3,(H,21,23)(H,22,24). The predicted octanol–water partition coefficient (Wildman–Crippen LogP) is 5.61. The van der Waals surface area contributed by atoms with Crippen molar-refractivity contribution in [2.45, 2.75) is 13.8 Å². The number of aromatic nitrogens is 1. The van der Waals surface area contributed by atoms with Crippen molar-refractivity contribution in [2.75, 3.05) is 17.2 Å². The van der Waals surface area contributed by atoms with Crippen molar-refractivity contribution in [2.24, 2.45) is 0 Å². The largest absolute Gasteiger partial charge is 0.494 e. The molecule has 7 heteroatoms. The number of carbonyl (C=O) groups excluding carboxylic acids is 1. The van der Waals surface area contributed by atoms with Crippen LogP contribution in [0.2, 0.25) is 0 Å². The normalized spacial score (nSPS) is 10.4. The molecule has 0 aliphatic carbocycles. The summed E-state index contributed by atoms with van der Waals surface area (Å²) in [5.74, 6) is 0.657. The molecule has 0 atom stereocenters. The molecule has 3 rings (SSSR count). The molecule has 1 heterocycles. The number of halogens is 1. The van der Waals surface area contributed by atoms with Gasteiger partial charge in [-0.1, -0.05) is 27.3 Å². The number of benzene rings is 2. The lowest BCUT2D eigenvalue weighted by atomic mass is 10.3. The first-order valence-electron chi connectivity index (χ1n) is 8.09. The summed E-state index contributed by atoms with van der Waals surface area (Å²) in [6.07, 6.45) is 0. The maximum Gasteiger partial charge on any atom is 0.267 e. The van der Waals surface area contributed by atoms with Crippen molar-refractivity contribution in [1.82, 2.24) is 4.98 Å². The fourth-order valence-electron chi connectivity index (χ4n) is 2.31. The first-order chi connectivity index (χ1) is 12.5. The van der Waals surface area contributed by atoms with Crippen molar-refractivity contribution in [3.8, 4) is 5.75 Å². The predicted molar refractivity (Wildman–Crippen MR) is 110 cm³/mol. The molecule has 0 aliphatic rings. The molecule has 0 saturated heterocycles. The number of nitrogens with zero attached hydrogens (tertiary/aromatic N) is 1. The maximum atomic E-state index is 12.5. The Morgan fingerprint density at radius 3 is 2.42 bits per heavy atom. The fraction of sp³-hybridized carbons (Fsp3) is 0.158. The van der Waals surface area contributed by atoms with Gasteiger partial charge in [-0.2, -0.15) is 0 Å². The number of thiazole rings is 1. The number of anilines is 3. The van der Waals surface area contributed by atoms with Crippen LogP contribution in [0, 0.1) is 6.92 Å². The minimum Gasteiger partial charge on any atom is -0.494 e. The lowest BCUT2D eigenvalue weighted by Gasteiger charge is -2.05. The van der Waals surface area contributed by atoms with Crippen LogP contribution >= 0.6 is 27.3 Å². The van der Waals surface area contributed by atoms with E-state index in [9.17, 15) is 4.79 Å². The lowest BCUT2D eigenvalue weighted by Crippen LogP contribution is -2.11. The molecule has 26 heavy (non-hydrogen) atoms. The highest BCUT2D eigenvalue weighted by Crippen LogP contribution is 2.27. The van der Waals surface area contributed by atoms with Crippen LogP contribution in [0.25, 0.3) is 0 Å². The lowest BCUT2D eigenvalue weighted by molar-refractivity contribution is 0.103. The Labute approximate surface area is 164 Å². The molecular weight excluding hydrogens is 414 g/mol. The third kappa shape index (κ3) is 4.62. The minimum atomic E-state index is -0.165. The van der Waals surface area contributed by atoms with Gasteiger partial charge in [-0.15, -0.1) is 0 Å². The molecule has 0 spiro atoms. The van der Waals surface area contributed by atoms with Crippen LogP contribution < -0.4 is 15.4 Å². The summed E-state index contributed by atoms with van der Waals surface area (Å²) in [6, 6.07) is 15.1.